The van der Waals surface area contributed by atoms with E-state index in [0.717, 1.165) is 6.54 Å². The van der Waals surface area contributed by atoms with Gasteiger partial charge < -0.3 is 5.32 Å². The maximum Gasteiger partial charge on any atom is 0.146 e. The zero-order valence-corrected chi connectivity index (χ0v) is 10.3. The highest BCUT2D eigenvalue weighted by Gasteiger charge is 2.16. The Labute approximate surface area is 104 Å². The van der Waals surface area contributed by atoms with Crippen molar-refractivity contribution in [1.82, 2.24) is 4.98 Å². The Hall–Kier alpha value is -0.920. The van der Waals surface area contributed by atoms with E-state index < -0.39 is 0 Å². The van der Waals surface area contributed by atoms with Crippen LogP contribution in [-0.2, 0) is 0 Å². The maximum absolute atomic E-state index is 8.83. The van der Waals surface area contributed by atoms with Crippen LogP contribution in [0.4, 0.5) is 5.82 Å². The number of nitriles is 1. The molecule has 1 N–H and O–H groups in total. The minimum Gasteiger partial charge on any atom is -0.368 e. The maximum atomic E-state index is 8.83. The summed E-state index contributed by atoms with van der Waals surface area (Å²) in [6.45, 7) is 0.867. The van der Waals surface area contributed by atoms with Gasteiger partial charge in [0.2, 0.25) is 0 Å². The number of nitrogens with one attached hydrogen (secondary N) is 1. The summed E-state index contributed by atoms with van der Waals surface area (Å²) in [4.78, 5) is 4.14. The number of hydrogen-bond acceptors (Lipinski definition) is 4. The highest BCUT2D eigenvalue weighted by molar-refractivity contribution is 8.00. The lowest BCUT2D eigenvalue weighted by Gasteiger charge is -2.11. The van der Waals surface area contributed by atoms with Crippen molar-refractivity contribution >= 4 is 29.2 Å². The SMILES string of the molecule is N#Cc1ccnc(NCC2CCCS2)c1Cl. The van der Waals surface area contributed by atoms with Gasteiger partial charge in [0, 0.05) is 18.0 Å². The Morgan fingerprint density at radius 2 is 2.56 bits per heavy atom. The van der Waals surface area contributed by atoms with Gasteiger partial charge in [-0.3, -0.25) is 0 Å². The quantitative estimate of drug-likeness (QED) is 0.900. The van der Waals surface area contributed by atoms with Crippen molar-refractivity contribution in [2.24, 2.45) is 0 Å². The third-order valence-electron chi connectivity index (χ3n) is 2.53. The molecule has 0 radical (unpaired) electrons. The van der Waals surface area contributed by atoms with Crippen LogP contribution in [0, 0.1) is 11.3 Å². The Morgan fingerprint density at radius 1 is 1.69 bits per heavy atom. The van der Waals surface area contributed by atoms with Crippen LogP contribution in [0.25, 0.3) is 0 Å². The number of nitrogens with zero attached hydrogens (tertiary/aromatic N) is 2. The van der Waals surface area contributed by atoms with E-state index in [2.05, 4.69) is 10.3 Å². The van der Waals surface area contributed by atoms with E-state index in [9.17, 15) is 0 Å². The van der Waals surface area contributed by atoms with E-state index in [0.29, 0.717) is 21.7 Å². The van der Waals surface area contributed by atoms with E-state index in [1.807, 2.05) is 17.8 Å². The van der Waals surface area contributed by atoms with E-state index in [1.165, 1.54) is 18.6 Å². The molecule has 1 aromatic rings. The molecule has 1 atom stereocenters. The molecule has 3 nitrogen and oxygen atoms in total. The summed E-state index contributed by atoms with van der Waals surface area (Å²) in [5.41, 5.74) is 0.471. The topological polar surface area (TPSA) is 48.7 Å². The van der Waals surface area contributed by atoms with Crippen LogP contribution in [0.15, 0.2) is 12.3 Å². The second-order valence-electron chi connectivity index (χ2n) is 3.65. The molecule has 0 spiro atoms. The fourth-order valence-corrected chi connectivity index (χ4v) is 3.09. The Kier molecular flexibility index (Phi) is 3.92. The smallest absolute Gasteiger partial charge is 0.146 e. The number of rotatable bonds is 3. The zero-order valence-electron chi connectivity index (χ0n) is 8.74. The standard InChI is InChI=1S/C11H12ClN3S/c12-10-8(6-13)3-4-14-11(10)15-7-9-2-1-5-16-9/h3-4,9H,1-2,5,7H2,(H,14,15). The van der Waals surface area contributed by atoms with Crippen LogP contribution < -0.4 is 5.32 Å². The fourth-order valence-electron chi connectivity index (χ4n) is 1.67. The molecule has 1 saturated heterocycles. The number of hydrogen-bond donors (Lipinski definition) is 1. The Balaban J connectivity index is 2.01. The van der Waals surface area contributed by atoms with Crippen molar-refractivity contribution in [3.8, 4) is 6.07 Å². The third kappa shape index (κ3) is 2.60. The molecule has 0 amide bonds. The van der Waals surface area contributed by atoms with Gasteiger partial charge in [-0.1, -0.05) is 11.6 Å². The van der Waals surface area contributed by atoms with Crippen LogP contribution in [0.5, 0.6) is 0 Å². The number of halogens is 1. The summed E-state index contributed by atoms with van der Waals surface area (Å²) in [5.74, 6) is 1.86. The average Bonchev–Trinajstić information content (AvgIpc) is 2.81. The second kappa shape index (κ2) is 5.42. The van der Waals surface area contributed by atoms with Gasteiger partial charge in [0.15, 0.2) is 0 Å². The van der Waals surface area contributed by atoms with Gasteiger partial charge in [-0.05, 0) is 24.7 Å². The molecule has 1 fully saturated rings. The molecule has 1 aliphatic heterocycles. The van der Waals surface area contributed by atoms with E-state index in [1.54, 1.807) is 12.3 Å². The van der Waals surface area contributed by atoms with Crippen LogP contribution in [0.1, 0.15) is 18.4 Å². The normalized spacial score (nSPS) is 19.4. The lowest BCUT2D eigenvalue weighted by Crippen LogP contribution is -2.14. The van der Waals surface area contributed by atoms with Crippen LogP contribution in [0.2, 0.25) is 5.02 Å². The van der Waals surface area contributed by atoms with Gasteiger partial charge in [0.1, 0.15) is 16.9 Å². The van der Waals surface area contributed by atoms with Crippen LogP contribution >= 0.6 is 23.4 Å². The van der Waals surface area contributed by atoms with Crippen molar-refractivity contribution in [2.45, 2.75) is 18.1 Å². The lowest BCUT2D eigenvalue weighted by molar-refractivity contribution is 0.803. The minimum absolute atomic E-state index is 0.424. The van der Waals surface area contributed by atoms with Gasteiger partial charge in [0.05, 0.1) is 5.56 Å². The molecule has 1 aliphatic rings. The molecule has 1 unspecified atom stereocenters. The first-order valence-corrected chi connectivity index (χ1v) is 6.64. The molecular formula is C11H12ClN3S. The fraction of sp³-hybridized carbons (Fsp3) is 0.455. The molecule has 2 heterocycles. The van der Waals surface area contributed by atoms with Crippen molar-refractivity contribution in [3.63, 3.8) is 0 Å². The summed E-state index contributed by atoms with van der Waals surface area (Å²) in [6, 6.07) is 3.67. The molecule has 0 saturated carbocycles. The highest BCUT2D eigenvalue weighted by atomic mass is 35.5. The second-order valence-corrected chi connectivity index (χ2v) is 5.44. The van der Waals surface area contributed by atoms with Crippen molar-refractivity contribution in [2.75, 3.05) is 17.6 Å². The van der Waals surface area contributed by atoms with E-state index >= 15 is 0 Å². The van der Waals surface area contributed by atoms with Gasteiger partial charge in [-0.15, -0.1) is 0 Å². The predicted molar refractivity (Wildman–Crippen MR) is 67.9 cm³/mol. The summed E-state index contributed by atoms with van der Waals surface area (Å²) in [7, 11) is 0. The molecular weight excluding hydrogens is 242 g/mol. The highest BCUT2D eigenvalue weighted by Crippen LogP contribution is 2.28. The molecule has 16 heavy (non-hydrogen) atoms. The molecule has 0 bridgehead atoms. The van der Waals surface area contributed by atoms with Crippen LogP contribution in [-0.4, -0.2) is 22.5 Å². The van der Waals surface area contributed by atoms with E-state index in [4.69, 9.17) is 16.9 Å². The van der Waals surface area contributed by atoms with Crippen molar-refractivity contribution in [3.05, 3.63) is 22.8 Å². The summed E-state index contributed by atoms with van der Waals surface area (Å²) in [6.07, 6.45) is 4.14. The number of thioether (sulfide) groups is 1. The first-order valence-electron chi connectivity index (χ1n) is 5.21. The molecule has 5 heteroatoms. The molecule has 84 valence electrons. The van der Waals surface area contributed by atoms with Crippen LogP contribution in [0.3, 0.4) is 0 Å². The summed E-state index contributed by atoms with van der Waals surface area (Å²) < 4.78 is 0. The molecule has 0 aromatic carbocycles. The zero-order chi connectivity index (χ0) is 11.4. The van der Waals surface area contributed by atoms with E-state index in [-0.39, 0.29) is 0 Å². The summed E-state index contributed by atoms with van der Waals surface area (Å²) in [5, 5.41) is 13.1. The number of pyridine rings is 1. The van der Waals surface area contributed by atoms with Crippen molar-refractivity contribution in [1.29, 1.82) is 5.26 Å². The predicted octanol–water partition coefficient (Wildman–Crippen LogP) is 2.91. The summed E-state index contributed by atoms with van der Waals surface area (Å²) >= 11 is 8.02. The molecule has 2 rings (SSSR count). The molecule has 1 aromatic heterocycles. The first-order chi connectivity index (χ1) is 7.81. The largest absolute Gasteiger partial charge is 0.368 e. The average molecular weight is 254 g/mol. The number of aromatic nitrogens is 1. The van der Waals surface area contributed by atoms with Crippen molar-refractivity contribution < 1.29 is 0 Å². The monoisotopic (exact) mass is 253 g/mol. The van der Waals surface area contributed by atoms with Gasteiger partial charge in [0.25, 0.3) is 0 Å². The first kappa shape index (κ1) is 11.6. The Bertz CT molecular complexity index is 410. The Morgan fingerprint density at radius 3 is 3.25 bits per heavy atom. The number of anilines is 1. The molecule has 0 aliphatic carbocycles. The lowest BCUT2D eigenvalue weighted by atomic mass is 10.2. The van der Waals surface area contributed by atoms with Gasteiger partial charge in [-0.25, -0.2) is 4.98 Å². The van der Waals surface area contributed by atoms with Gasteiger partial charge >= 0.3 is 0 Å². The third-order valence-corrected chi connectivity index (χ3v) is 4.31. The van der Waals surface area contributed by atoms with Gasteiger partial charge in [-0.2, -0.15) is 17.0 Å². The minimum atomic E-state index is 0.424.